The molecule has 86 valence electrons. The quantitative estimate of drug-likeness (QED) is 0.706. The van der Waals surface area contributed by atoms with E-state index in [4.69, 9.17) is 0 Å². The summed E-state index contributed by atoms with van der Waals surface area (Å²) in [6.07, 6.45) is 3.45. The van der Waals surface area contributed by atoms with Crippen LogP contribution in [0.1, 0.15) is 33.1 Å². The number of carbonyl (C=O) groups is 1. The first-order valence-corrected chi connectivity index (χ1v) is 6.12. The second-order valence-corrected chi connectivity index (χ2v) is 5.49. The summed E-state index contributed by atoms with van der Waals surface area (Å²) in [6, 6.07) is 0. The molecule has 2 saturated heterocycles. The monoisotopic (exact) mass is 210 g/mol. The summed E-state index contributed by atoms with van der Waals surface area (Å²) in [6.45, 7) is 8.14. The van der Waals surface area contributed by atoms with Crippen LogP contribution >= 0.6 is 0 Å². The Hall–Kier alpha value is -0.570. The number of amides is 1. The molecule has 2 heterocycles. The van der Waals surface area contributed by atoms with Crippen molar-refractivity contribution in [3.05, 3.63) is 0 Å². The average molecular weight is 210 g/mol. The first-order chi connectivity index (χ1) is 7.12. The zero-order valence-corrected chi connectivity index (χ0v) is 9.88. The van der Waals surface area contributed by atoms with Crippen LogP contribution in [-0.4, -0.2) is 37.0 Å². The number of nitrogens with zero attached hydrogens (tertiary/aromatic N) is 1. The number of rotatable bonds is 1. The standard InChI is InChI=1S/C12H22N2O/c1-10-4-3-7-14(8-10)11(15)12(2)5-6-13-9-12/h10,13H,3-9H2,1-2H3. The molecule has 2 atom stereocenters. The summed E-state index contributed by atoms with van der Waals surface area (Å²) in [5.41, 5.74) is -0.128. The van der Waals surface area contributed by atoms with Gasteiger partial charge in [0.2, 0.25) is 5.91 Å². The normalized spacial score (nSPS) is 36.9. The molecule has 1 N–H and O–H groups in total. The molecule has 2 fully saturated rings. The van der Waals surface area contributed by atoms with Crippen molar-refractivity contribution >= 4 is 5.91 Å². The number of likely N-dealkylation sites (tertiary alicyclic amines) is 1. The van der Waals surface area contributed by atoms with Crippen LogP contribution < -0.4 is 5.32 Å². The molecule has 1 amide bonds. The van der Waals surface area contributed by atoms with E-state index in [1.54, 1.807) is 0 Å². The minimum Gasteiger partial charge on any atom is -0.342 e. The molecule has 3 heteroatoms. The van der Waals surface area contributed by atoms with Gasteiger partial charge in [0, 0.05) is 19.6 Å². The van der Waals surface area contributed by atoms with Gasteiger partial charge in [-0.05, 0) is 38.6 Å². The number of nitrogens with one attached hydrogen (secondary N) is 1. The molecule has 2 aliphatic rings. The summed E-state index contributed by atoms with van der Waals surface area (Å²) < 4.78 is 0. The van der Waals surface area contributed by atoms with Gasteiger partial charge in [-0.2, -0.15) is 0 Å². The van der Waals surface area contributed by atoms with E-state index in [0.29, 0.717) is 11.8 Å². The molecule has 15 heavy (non-hydrogen) atoms. The van der Waals surface area contributed by atoms with Crippen molar-refractivity contribution in [2.24, 2.45) is 11.3 Å². The molecule has 0 aromatic carbocycles. The molecule has 0 aromatic heterocycles. The highest BCUT2D eigenvalue weighted by molar-refractivity contribution is 5.83. The molecule has 0 aromatic rings. The molecule has 2 aliphatic heterocycles. The summed E-state index contributed by atoms with van der Waals surface area (Å²) in [5.74, 6) is 1.06. The number of piperidine rings is 1. The van der Waals surface area contributed by atoms with Crippen molar-refractivity contribution in [3.63, 3.8) is 0 Å². The van der Waals surface area contributed by atoms with Crippen LogP contribution in [0.4, 0.5) is 0 Å². The summed E-state index contributed by atoms with van der Waals surface area (Å²) >= 11 is 0. The van der Waals surface area contributed by atoms with Gasteiger partial charge in [-0.15, -0.1) is 0 Å². The lowest BCUT2D eigenvalue weighted by Crippen LogP contribution is -2.47. The second-order valence-electron chi connectivity index (χ2n) is 5.49. The lowest BCUT2D eigenvalue weighted by atomic mass is 9.86. The minimum atomic E-state index is -0.128. The van der Waals surface area contributed by atoms with Crippen molar-refractivity contribution in [1.82, 2.24) is 10.2 Å². The Morgan fingerprint density at radius 2 is 2.33 bits per heavy atom. The van der Waals surface area contributed by atoms with E-state index in [1.807, 2.05) is 0 Å². The fraction of sp³-hybridized carbons (Fsp3) is 0.917. The van der Waals surface area contributed by atoms with Crippen molar-refractivity contribution < 1.29 is 4.79 Å². The molecule has 2 unspecified atom stereocenters. The maximum absolute atomic E-state index is 12.4. The third kappa shape index (κ3) is 2.17. The number of hydrogen-bond donors (Lipinski definition) is 1. The second kappa shape index (κ2) is 4.12. The van der Waals surface area contributed by atoms with Gasteiger partial charge < -0.3 is 10.2 Å². The number of hydrogen-bond acceptors (Lipinski definition) is 2. The van der Waals surface area contributed by atoms with Gasteiger partial charge in [-0.3, -0.25) is 4.79 Å². The highest BCUT2D eigenvalue weighted by Crippen LogP contribution is 2.29. The summed E-state index contributed by atoms with van der Waals surface area (Å²) in [5, 5.41) is 3.30. The van der Waals surface area contributed by atoms with Crippen molar-refractivity contribution in [3.8, 4) is 0 Å². The highest BCUT2D eigenvalue weighted by atomic mass is 16.2. The Labute approximate surface area is 92.2 Å². The zero-order chi connectivity index (χ0) is 10.9. The zero-order valence-electron chi connectivity index (χ0n) is 9.88. The van der Waals surface area contributed by atoms with Gasteiger partial charge in [0.15, 0.2) is 0 Å². The van der Waals surface area contributed by atoms with Gasteiger partial charge in [-0.25, -0.2) is 0 Å². The molecule has 0 radical (unpaired) electrons. The van der Waals surface area contributed by atoms with Crippen LogP contribution in [0.25, 0.3) is 0 Å². The van der Waals surface area contributed by atoms with E-state index in [1.165, 1.54) is 12.8 Å². The third-order valence-corrected chi connectivity index (χ3v) is 3.83. The van der Waals surface area contributed by atoms with Gasteiger partial charge in [0.1, 0.15) is 0 Å². The fourth-order valence-electron chi connectivity index (χ4n) is 2.76. The molecule has 0 aliphatic carbocycles. The first kappa shape index (κ1) is 10.9. The van der Waals surface area contributed by atoms with Gasteiger partial charge in [0.05, 0.1) is 5.41 Å². The molecule has 2 rings (SSSR count). The molecule has 0 saturated carbocycles. The lowest BCUT2D eigenvalue weighted by molar-refractivity contribution is -0.142. The van der Waals surface area contributed by atoms with Gasteiger partial charge in [-0.1, -0.05) is 6.92 Å². The average Bonchev–Trinajstić information content (AvgIpc) is 2.65. The van der Waals surface area contributed by atoms with Crippen molar-refractivity contribution in [2.45, 2.75) is 33.1 Å². The van der Waals surface area contributed by atoms with Crippen LogP contribution in [0.2, 0.25) is 0 Å². The predicted octanol–water partition coefficient (Wildman–Crippen LogP) is 1.24. The van der Waals surface area contributed by atoms with E-state index >= 15 is 0 Å². The van der Waals surface area contributed by atoms with E-state index in [0.717, 1.165) is 32.6 Å². The van der Waals surface area contributed by atoms with E-state index < -0.39 is 0 Å². The van der Waals surface area contributed by atoms with E-state index in [-0.39, 0.29) is 5.41 Å². The predicted molar refractivity (Wildman–Crippen MR) is 60.6 cm³/mol. The Bertz CT molecular complexity index is 246. The fourth-order valence-corrected chi connectivity index (χ4v) is 2.76. The summed E-state index contributed by atoms with van der Waals surface area (Å²) in [4.78, 5) is 14.4. The highest BCUT2D eigenvalue weighted by Gasteiger charge is 2.39. The van der Waals surface area contributed by atoms with Crippen LogP contribution in [-0.2, 0) is 4.79 Å². The van der Waals surface area contributed by atoms with Crippen molar-refractivity contribution in [1.29, 1.82) is 0 Å². The third-order valence-electron chi connectivity index (χ3n) is 3.83. The van der Waals surface area contributed by atoms with E-state index in [9.17, 15) is 4.79 Å². The topological polar surface area (TPSA) is 32.3 Å². The van der Waals surface area contributed by atoms with Crippen LogP contribution in [0.15, 0.2) is 0 Å². The van der Waals surface area contributed by atoms with Gasteiger partial charge in [0.25, 0.3) is 0 Å². The Morgan fingerprint density at radius 1 is 1.53 bits per heavy atom. The Morgan fingerprint density at radius 3 is 2.93 bits per heavy atom. The largest absolute Gasteiger partial charge is 0.342 e. The molecule has 3 nitrogen and oxygen atoms in total. The SMILES string of the molecule is CC1CCCN(C(=O)C2(C)CCNC2)C1. The number of carbonyl (C=O) groups excluding carboxylic acids is 1. The first-order valence-electron chi connectivity index (χ1n) is 6.12. The van der Waals surface area contributed by atoms with E-state index in [2.05, 4.69) is 24.1 Å². The van der Waals surface area contributed by atoms with Crippen molar-refractivity contribution in [2.75, 3.05) is 26.2 Å². The van der Waals surface area contributed by atoms with Crippen LogP contribution in [0, 0.1) is 11.3 Å². The maximum Gasteiger partial charge on any atom is 0.229 e. The van der Waals surface area contributed by atoms with Gasteiger partial charge >= 0.3 is 0 Å². The lowest BCUT2D eigenvalue weighted by Gasteiger charge is -2.36. The minimum absolute atomic E-state index is 0.128. The molecular formula is C12H22N2O. The van der Waals surface area contributed by atoms with Crippen LogP contribution in [0.5, 0.6) is 0 Å². The molecule has 0 bridgehead atoms. The molecule has 0 spiro atoms. The van der Waals surface area contributed by atoms with Crippen LogP contribution in [0.3, 0.4) is 0 Å². The maximum atomic E-state index is 12.4. The smallest absolute Gasteiger partial charge is 0.229 e. The Kier molecular flexibility index (Phi) is 3.01. The Balaban J connectivity index is 2.00. The summed E-state index contributed by atoms with van der Waals surface area (Å²) in [7, 11) is 0. The molecular weight excluding hydrogens is 188 g/mol.